The highest BCUT2D eigenvalue weighted by molar-refractivity contribution is 5.94. The number of rotatable bonds is 3. The maximum Gasteiger partial charge on any atom is 0.341 e. The standard InChI is InChI=1S/C16H16O6/c1-8-4-11(18)7-13(14(8)16(20)21-3)22-15-9(2)5-10(17)6-12(15)19/h4-7,17-19H,1-3H3. The molecule has 2 aromatic rings. The largest absolute Gasteiger partial charge is 0.508 e. The van der Waals surface area contributed by atoms with E-state index in [1.165, 1.54) is 25.3 Å². The number of benzene rings is 2. The predicted octanol–water partition coefficient (Wildman–Crippen LogP) is 3.00. The molecule has 0 spiro atoms. The molecule has 0 heterocycles. The van der Waals surface area contributed by atoms with E-state index in [1.54, 1.807) is 13.8 Å². The Labute approximate surface area is 127 Å². The Morgan fingerprint density at radius 3 is 2.14 bits per heavy atom. The molecule has 0 aliphatic carbocycles. The van der Waals surface area contributed by atoms with Gasteiger partial charge in [0.25, 0.3) is 0 Å². The van der Waals surface area contributed by atoms with Gasteiger partial charge in [0, 0.05) is 12.1 Å². The summed E-state index contributed by atoms with van der Waals surface area (Å²) in [5.41, 5.74) is 1.08. The number of phenols is 3. The van der Waals surface area contributed by atoms with E-state index in [9.17, 15) is 20.1 Å². The van der Waals surface area contributed by atoms with Crippen LogP contribution in [0.15, 0.2) is 24.3 Å². The molecule has 0 amide bonds. The Morgan fingerprint density at radius 1 is 0.955 bits per heavy atom. The lowest BCUT2D eigenvalue weighted by Crippen LogP contribution is -2.06. The van der Waals surface area contributed by atoms with Crippen LogP contribution in [0.5, 0.6) is 28.7 Å². The van der Waals surface area contributed by atoms with Gasteiger partial charge in [-0.2, -0.15) is 0 Å². The first-order chi connectivity index (χ1) is 10.3. The summed E-state index contributed by atoms with van der Waals surface area (Å²) < 4.78 is 10.3. The zero-order chi connectivity index (χ0) is 16.4. The zero-order valence-corrected chi connectivity index (χ0v) is 12.4. The van der Waals surface area contributed by atoms with Gasteiger partial charge in [-0.15, -0.1) is 0 Å². The van der Waals surface area contributed by atoms with Gasteiger partial charge in [0.1, 0.15) is 22.8 Å². The third-order valence-electron chi connectivity index (χ3n) is 3.13. The van der Waals surface area contributed by atoms with Crippen LogP contribution >= 0.6 is 0 Å². The minimum atomic E-state index is -0.622. The summed E-state index contributed by atoms with van der Waals surface area (Å²) in [7, 11) is 1.24. The highest BCUT2D eigenvalue weighted by atomic mass is 16.5. The second-order valence-corrected chi connectivity index (χ2v) is 4.84. The number of methoxy groups -OCH3 is 1. The average Bonchev–Trinajstić information content (AvgIpc) is 2.41. The van der Waals surface area contributed by atoms with E-state index in [-0.39, 0.29) is 34.3 Å². The molecule has 0 fully saturated rings. The number of hydrogen-bond acceptors (Lipinski definition) is 6. The van der Waals surface area contributed by atoms with Crippen molar-refractivity contribution >= 4 is 5.97 Å². The van der Waals surface area contributed by atoms with Crippen molar-refractivity contribution in [3.63, 3.8) is 0 Å². The summed E-state index contributed by atoms with van der Waals surface area (Å²) in [6, 6.07) is 5.19. The van der Waals surface area contributed by atoms with Crippen LogP contribution in [0, 0.1) is 13.8 Å². The van der Waals surface area contributed by atoms with E-state index in [2.05, 4.69) is 0 Å². The number of carbonyl (C=O) groups excluding carboxylic acids is 1. The summed E-state index contributed by atoms with van der Waals surface area (Å²) in [6.45, 7) is 3.25. The monoisotopic (exact) mass is 304 g/mol. The number of hydrogen-bond donors (Lipinski definition) is 3. The number of ether oxygens (including phenoxy) is 2. The van der Waals surface area contributed by atoms with Crippen molar-refractivity contribution in [3.05, 3.63) is 41.0 Å². The van der Waals surface area contributed by atoms with Crippen LogP contribution in [0.2, 0.25) is 0 Å². The minimum Gasteiger partial charge on any atom is -0.508 e. The molecule has 3 N–H and O–H groups in total. The van der Waals surface area contributed by atoms with E-state index in [4.69, 9.17) is 9.47 Å². The van der Waals surface area contributed by atoms with E-state index >= 15 is 0 Å². The molecule has 0 saturated heterocycles. The van der Waals surface area contributed by atoms with E-state index in [0.29, 0.717) is 11.1 Å². The second kappa shape index (κ2) is 5.85. The quantitative estimate of drug-likeness (QED) is 0.754. The van der Waals surface area contributed by atoms with Crippen molar-refractivity contribution in [1.29, 1.82) is 0 Å². The third kappa shape index (κ3) is 2.90. The molecule has 6 nitrogen and oxygen atoms in total. The summed E-state index contributed by atoms with van der Waals surface area (Å²) >= 11 is 0. The van der Waals surface area contributed by atoms with Crippen molar-refractivity contribution < 1.29 is 29.6 Å². The van der Waals surface area contributed by atoms with Crippen molar-refractivity contribution in [2.75, 3.05) is 7.11 Å². The number of esters is 1. The van der Waals surface area contributed by atoms with Crippen LogP contribution in [0.3, 0.4) is 0 Å². The number of carbonyl (C=O) groups is 1. The van der Waals surface area contributed by atoms with Crippen LogP contribution in [0.25, 0.3) is 0 Å². The lowest BCUT2D eigenvalue weighted by Gasteiger charge is -2.15. The fraction of sp³-hybridized carbons (Fsp3) is 0.188. The van der Waals surface area contributed by atoms with Gasteiger partial charge in [0.2, 0.25) is 0 Å². The molecule has 0 aliphatic heterocycles. The fourth-order valence-electron chi connectivity index (χ4n) is 2.16. The normalized spacial score (nSPS) is 10.3. The maximum atomic E-state index is 11.9. The van der Waals surface area contributed by atoms with Gasteiger partial charge in [-0.25, -0.2) is 4.79 Å². The van der Waals surface area contributed by atoms with Gasteiger partial charge in [0.05, 0.1) is 7.11 Å². The van der Waals surface area contributed by atoms with E-state index in [0.717, 1.165) is 6.07 Å². The van der Waals surface area contributed by atoms with E-state index in [1.807, 2.05) is 0 Å². The molecule has 6 heteroatoms. The Balaban J connectivity index is 2.57. The first kappa shape index (κ1) is 15.5. The van der Waals surface area contributed by atoms with Crippen molar-refractivity contribution in [3.8, 4) is 28.7 Å². The molecule has 2 rings (SSSR count). The Morgan fingerprint density at radius 2 is 1.55 bits per heavy atom. The Kier molecular flexibility index (Phi) is 4.12. The Hall–Kier alpha value is -2.89. The fourth-order valence-corrected chi connectivity index (χ4v) is 2.16. The van der Waals surface area contributed by atoms with Gasteiger partial charge in [-0.3, -0.25) is 0 Å². The molecular formula is C16H16O6. The predicted molar refractivity (Wildman–Crippen MR) is 78.8 cm³/mol. The summed E-state index contributed by atoms with van der Waals surface area (Å²) in [4.78, 5) is 11.9. The van der Waals surface area contributed by atoms with Crippen LogP contribution in [-0.2, 0) is 4.74 Å². The van der Waals surface area contributed by atoms with Gasteiger partial charge < -0.3 is 24.8 Å². The first-order valence-electron chi connectivity index (χ1n) is 6.45. The maximum absolute atomic E-state index is 11.9. The summed E-state index contributed by atoms with van der Waals surface area (Å²) in [6.07, 6.45) is 0. The van der Waals surface area contributed by atoms with Crippen molar-refractivity contribution in [2.24, 2.45) is 0 Å². The van der Waals surface area contributed by atoms with Gasteiger partial charge in [0.15, 0.2) is 11.5 Å². The molecule has 0 radical (unpaired) electrons. The second-order valence-electron chi connectivity index (χ2n) is 4.84. The number of aromatic hydroxyl groups is 3. The first-order valence-corrected chi connectivity index (χ1v) is 6.45. The molecule has 0 saturated carbocycles. The van der Waals surface area contributed by atoms with Crippen LogP contribution in [-0.4, -0.2) is 28.4 Å². The topological polar surface area (TPSA) is 96.2 Å². The molecule has 22 heavy (non-hydrogen) atoms. The molecular weight excluding hydrogens is 288 g/mol. The molecule has 0 aliphatic rings. The van der Waals surface area contributed by atoms with Crippen LogP contribution < -0.4 is 4.74 Å². The van der Waals surface area contributed by atoms with Gasteiger partial charge in [-0.05, 0) is 37.1 Å². The molecule has 0 bridgehead atoms. The third-order valence-corrected chi connectivity index (χ3v) is 3.13. The number of phenolic OH excluding ortho intramolecular Hbond substituents is 3. The molecule has 0 atom stereocenters. The molecule has 0 aromatic heterocycles. The van der Waals surface area contributed by atoms with Crippen LogP contribution in [0.1, 0.15) is 21.5 Å². The average molecular weight is 304 g/mol. The lowest BCUT2D eigenvalue weighted by atomic mass is 10.1. The van der Waals surface area contributed by atoms with Gasteiger partial charge in [-0.1, -0.05) is 0 Å². The smallest absolute Gasteiger partial charge is 0.341 e. The highest BCUT2D eigenvalue weighted by Gasteiger charge is 2.20. The Bertz CT molecular complexity index is 713. The minimum absolute atomic E-state index is 0.0495. The van der Waals surface area contributed by atoms with Crippen molar-refractivity contribution in [2.45, 2.75) is 13.8 Å². The lowest BCUT2D eigenvalue weighted by molar-refractivity contribution is 0.0597. The summed E-state index contributed by atoms with van der Waals surface area (Å²) in [5.74, 6) is -0.974. The summed E-state index contributed by atoms with van der Waals surface area (Å²) in [5, 5.41) is 29.0. The van der Waals surface area contributed by atoms with Crippen molar-refractivity contribution in [1.82, 2.24) is 0 Å². The molecule has 2 aromatic carbocycles. The molecule has 0 unspecified atom stereocenters. The van der Waals surface area contributed by atoms with Gasteiger partial charge >= 0.3 is 5.97 Å². The number of aryl methyl sites for hydroxylation is 2. The zero-order valence-electron chi connectivity index (χ0n) is 12.4. The van der Waals surface area contributed by atoms with Crippen LogP contribution in [0.4, 0.5) is 0 Å². The SMILES string of the molecule is COC(=O)c1c(C)cc(O)cc1Oc1c(C)cc(O)cc1O. The molecule has 116 valence electrons. The van der Waals surface area contributed by atoms with E-state index < -0.39 is 5.97 Å². The highest BCUT2D eigenvalue weighted by Crippen LogP contribution is 2.39.